The van der Waals surface area contributed by atoms with Gasteiger partial charge in [0.05, 0.1) is 10.6 Å². The molecule has 100 valence electrons. The van der Waals surface area contributed by atoms with E-state index in [-0.39, 0.29) is 10.6 Å². The van der Waals surface area contributed by atoms with Gasteiger partial charge in [-0.05, 0) is 36.4 Å². The topological polar surface area (TPSA) is 60.2 Å². The van der Waals surface area contributed by atoms with Crippen molar-refractivity contribution in [3.63, 3.8) is 0 Å². The van der Waals surface area contributed by atoms with Crippen molar-refractivity contribution >= 4 is 38.7 Å². The Morgan fingerprint density at radius 2 is 1.63 bits per heavy atom. The van der Waals surface area contributed by atoms with Crippen molar-refractivity contribution in [3.8, 4) is 0 Å². The normalized spacial score (nSPS) is 11.5. The Balaban J connectivity index is 2.39. The van der Waals surface area contributed by atoms with E-state index in [9.17, 15) is 8.42 Å². The highest BCUT2D eigenvalue weighted by Crippen LogP contribution is 2.27. The number of nitrogens with two attached hydrogens (primary N) is 1. The average Bonchev–Trinajstić information content (AvgIpc) is 2.35. The minimum Gasteiger partial charge on any atom is -0.398 e. The third-order valence-corrected chi connectivity index (χ3v) is 4.93. The summed E-state index contributed by atoms with van der Waals surface area (Å²) in [6.07, 6.45) is 0. The number of benzene rings is 2. The molecule has 0 aliphatic rings. The van der Waals surface area contributed by atoms with Crippen LogP contribution in [0.25, 0.3) is 0 Å². The Morgan fingerprint density at radius 1 is 1.00 bits per heavy atom. The lowest BCUT2D eigenvalue weighted by Crippen LogP contribution is -2.07. The zero-order valence-electron chi connectivity index (χ0n) is 9.81. The van der Waals surface area contributed by atoms with Gasteiger partial charge in [-0.2, -0.15) is 0 Å². The molecule has 0 spiro atoms. The van der Waals surface area contributed by atoms with Gasteiger partial charge in [-0.25, -0.2) is 8.42 Å². The van der Waals surface area contributed by atoms with Gasteiger partial charge in [0, 0.05) is 21.3 Å². The molecule has 0 saturated heterocycles. The molecule has 0 aromatic heterocycles. The molecule has 19 heavy (non-hydrogen) atoms. The zero-order chi connectivity index (χ0) is 14.0. The smallest absolute Gasteiger partial charge is 0.182 e. The van der Waals surface area contributed by atoms with Crippen molar-refractivity contribution < 1.29 is 8.42 Å². The van der Waals surface area contributed by atoms with Crippen molar-refractivity contribution in [3.05, 3.63) is 58.1 Å². The second kappa shape index (κ2) is 5.41. The van der Waals surface area contributed by atoms with E-state index in [1.54, 1.807) is 18.2 Å². The number of hydrogen-bond donors (Lipinski definition) is 1. The lowest BCUT2D eigenvalue weighted by molar-refractivity contribution is 0.595. The van der Waals surface area contributed by atoms with E-state index in [2.05, 4.69) is 0 Å². The Kier molecular flexibility index (Phi) is 4.04. The van der Waals surface area contributed by atoms with Gasteiger partial charge in [-0.1, -0.05) is 29.3 Å². The molecule has 3 nitrogen and oxygen atoms in total. The molecule has 0 saturated carbocycles. The van der Waals surface area contributed by atoms with Crippen LogP contribution in [0.1, 0.15) is 5.56 Å². The summed E-state index contributed by atoms with van der Waals surface area (Å²) in [5.41, 5.74) is 6.54. The predicted octanol–water partition coefficient (Wildman–Crippen LogP) is 3.55. The van der Waals surface area contributed by atoms with Crippen molar-refractivity contribution in [1.82, 2.24) is 0 Å². The summed E-state index contributed by atoms with van der Waals surface area (Å²) in [6, 6.07) is 10.9. The second-order valence-electron chi connectivity index (χ2n) is 4.02. The van der Waals surface area contributed by atoms with Crippen molar-refractivity contribution in [2.75, 3.05) is 5.73 Å². The monoisotopic (exact) mass is 315 g/mol. The van der Waals surface area contributed by atoms with Gasteiger partial charge >= 0.3 is 0 Å². The van der Waals surface area contributed by atoms with Gasteiger partial charge in [0.15, 0.2) is 9.84 Å². The summed E-state index contributed by atoms with van der Waals surface area (Å²) in [6.45, 7) is 0. The van der Waals surface area contributed by atoms with Crippen molar-refractivity contribution in [2.45, 2.75) is 10.6 Å². The maximum atomic E-state index is 12.3. The SMILES string of the molecule is Nc1cccc(Cl)c1CS(=O)(=O)c1ccc(Cl)cc1. The summed E-state index contributed by atoms with van der Waals surface area (Å²) in [4.78, 5) is 0.191. The van der Waals surface area contributed by atoms with E-state index < -0.39 is 9.84 Å². The van der Waals surface area contributed by atoms with Crippen LogP contribution in [-0.2, 0) is 15.6 Å². The number of rotatable bonds is 3. The van der Waals surface area contributed by atoms with Gasteiger partial charge in [-0.15, -0.1) is 0 Å². The number of anilines is 1. The first-order valence-corrected chi connectivity index (χ1v) is 7.82. The standard InChI is InChI=1S/C13H11Cl2NO2S/c14-9-4-6-10(7-5-9)19(17,18)8-11-12(15)2-1-3-13(11)16/h1-7H,8,16H2. The lowest BCUT2D eigenvalue weighted by Gasteiger charge is -2.09. The van der Waals surface area contributed by atoms with Gasteiger partial charge in [0.25, 0.3) is 0 Å². The molecule has 0 radical (unpaired) electrons. The number of halogens is 2. The highest BCUT2D eigenvalue weighted by Gasteiger charge is 2.18. The summed E-state index contributed by atoms with van der Waals surface area (Å²) in [5.74, 6) is -0.236. The van der Waals surface area contributed by atoms with Crippen molar-refractivity contribution in [2.24, 2.45) is 0 Å². The zero-order valence-corrected chi connectivity index (χ0v) is 12.1. The third kappa shape index (κ3) is 3.21. The maximum Gasteiger partial charge on any atom is 0.182 e. The molecule has 0 fully saturated rings. The quantitative estimate of drug-likeness (QED) is 0.881. The van der Waals surface area contributed by atoms with Crippen LogP contribution in [0, 0.1) is 0 Å². The fourth-order valence-corrected chi connectivity index (χ4v) is 3.52. The molecule has 0 heterocycles. The van der Waals surface area contributed by atoms with Gasteiger partial charge in [0.2, 0.25) is 0 Å². The molecule has 2 aromatic rings. The van der Waals surface area contributed by atoms with Crippen LogP contribution in [0.3, 0.4) is 0 Å². The summed E-state index contributed by atoms with van der Waals surface area (Å²) in [5, 5.41) is 0.828. The molecular formula is C13H11Cl2NO2S. The van der Waals surface area contributed by atoms with E-state index in [4.69, 9.17) is 28.9 Å². The molecule has 0 aliphatic heterocycles. The van der Waals surface area contributed by atoms with Crippen molar-refractivity contribution in [1.29, 1.82) is 0 Å². The average molecular weight is 316 g/mol. The number of sulfone groups is 1. The van der Waals surface area contributed by atoms with Crippen LogP contribution >= 0.6 is 23.2 Å². The van der Waals surface area contributed by atoms with E-state index in [0.717, 1.165) is 0 Å². The van der Waals surface area contributed by atoms with Crippen LogP contribution in [-0.4, -0.2) is 8.42 Å². The molecule has 2 rings (SSSR count). The van der Waals surface area contributed by atoms with Gasteiger partial charge in [-0.3, -0.25) is 0 Å². The first-order chi connectivity index (χ1) is 8.90. The van der Waals surface area contributed by atoms with Gasteiger partial charge < -0.3 is 5.73 Å². The summed E-state index contributed by atoms with van der Waals surface area (Å²) in [7, 11) is -3.50. The molecule has 0 unspecified atom stereocenters. The molecule has 0 aliphatic carbocycles. The Labute approximate surface area is 121 Å². The summed E-state index contributed by atoms with van der Waals surface area (Å²) >= 11 is 11.7. The summed E-state index contributed by atoms with van der Waals surface area (Å²) < 4.78 is 24.5. The maximum absolute atomic E-state index is 12.3. The van der Waals surface area contributed by atoms with Gasteiger partial charge in [0.1, 0.15) is 0 Å². The Hall–Kier alpha value is -1.23. The number of nitrogen functional groups attached to an aromatic ring is 1. The molecule has 0 amide bonds. The third-order valence-electron chi connectivity index (χ3n) is 2.66. The van der Waals surface area contributed by atoms with E-state index in [0.29, 0.717) is 21.3 Å². The minimum atomic E-state index is -3.50. The lowest BCUT2D eigenvalue weighted by atomic mass is 10.2. The van der Waals surface area contributed by atoms with E-state index in [1.807, 2.05) is 0 Å². The van der Waals surface area contributed by atoms with E-state index >= 15 is 0 Å². The van der Waals surface area contributed by atoms with Crippen LogP contribution in [0.5, 0.6) is 0 Å². The first kappa shape index (κ1) is 14.2. The fourth-order valence-electron chi connectivity index (χ4n) is 1.64. The van der Waals surface area contributed by atoms with E-state index in [1.165, 1.54) is 24.3 Å². The minimum absolute atomic E-state index is 0.191. The van der Waals surface area contributed by atoms with Crippen LogP contribution in [0.4, 0.5) is 5.69 Å². The highest BCUT2D eigenvalue weighted by molar-refractivity contribution is 7.90. The molecule has 2 aromatic carbocycles. The Morgan fingerprint density at radius 3 is 2.21 bits per heavy atom. The first-order valence-electron chi connectivity index (χ1n) is 5.41. The molecular weight excluding hydrogens is 305 g/mol. The number of hydrogen-bond acceptors (Lipinski definition) is 3. The fraction of sp³-hybridized carbons (Fsp3) is 0.0769. The second-order valence-corrected chi connectivity index (χ2v) is 6.85. The Bertz CT molecular complexity index is 677. The largest absolute Gasteiger partial charge is 0.398 e. The molecule has 6 heteroatoms. The van der Waals surface area contributed by atoms with Crippen LogP contribution < -0.4 is 5.73 Å². The molecule has 0 bridgehead atoms. The van der Waals surface area contributed by atoms with Crippen LogP contribution in [0.2, 0.25) is 10.0 Å². The molecule has 2 N–H and O–H groups in total. The van der Waals surface area contributed by atoms with Crippen LogP contribution in [0.15, 0.2) is 47.4 Å². The molecule has 0 atom stereocenters. The highest BCUT2D eigenvalue weighted by atomic mass is 35.5. The predicted molar refractivity (Wildman–Crippen MR) is 78.2 cm³/mol.